The van der Waals surface area contributed by atoms with Gasteiger partial charge in [-0.3, -0.25) is 25.0 Å². The van der Waals surface area contributed by atoms with Crippen molar-refractivity contribution in [2.24, 2.45) is 0 Å². The molecule has 1 saturated heterocycles. The first-order valence-corrected chi connectivity index (χ1v) is 28.6. The average molecular weight is 1060 g/mol. The minimum atomic E-state index is -3.63. The SMILES string of the molecule is CC(=O)O[C@@H]1[C@@H](O[Si](c2ccccc2)(c2ccccc2)C(C)(C)C)[C@@H](CO[Si](c2ccccc2)(c2ccccc2)C(C)(C)C)O[C@H]1c1c(OCCc2ccc([N+](=O)[O-])cc2)nc(N)c([N+](=O)[O-])c1C(=O)OC(C)(C)C. The quantitative estimate of drug-likeness (QED) is 0.0368. The molecule has 1 aromatic heterocycles. The number of nitrogens with zero attached hydrogens (tertiary/aromatic N) is 3. The van der Waals surface area contributed by atoms with E-state index >= 15 is 0 Å². The van der Waals surface area contributed by atoms with E-state index in [2.05, 4.69) is 70.8 Å². The van der Waals surface area contributed by atoms with E-state index in [1.165, 1.54) is 19.1 Å². The molecule has 2 N–H and O–H groups in total. The predicted octanol–water partition coefficient (Wildman–Crippen LogP) is 8.95. The Morgan fingerprint density at radius 2 is 1.13 bits per heavy atom. The molecule has 0 unspecified atom stereocenters. The lowest BCUT2D eigenvalue weighted by molar-refractivity contribution is -0.384. The first-order valence-electron chi connectivity index (χ1n) is 24.8. The van der Waals surface area contributed by atoms with Crippen LogP contribution in [-0.4, -0.2) is 80.5 Å². The van der Waals surface area contributed by atoms with Crippen molar-refractivity contribution >= 4 is 66.5 Å². The average Bonchev–Trinajstić information content (AvgIpc) is 3.68. The summed E-state index contributed by atoms with van der Waals surface area (Å²) in [6.07, 6.45) is -5.20. The van der Waals surface area contributed by atoms with Crippen LogP contribution in [0.3, 0.4) is 0 Å². The maximum atomic E-state index is 14.8. The molecule has 2 heterocycles. The Hall–Kier alpha value is -7.10. The highest BCUT2D eigenvalue weighted by atomic mass is 28.4. The predicted molar refractivity (Wildman–Crippen MR) is 292 cm³/mol. The zero-order chi connectivity index (χ0) is 54.5. The summed E-state index contributed by atoms with van der Waals surface area (Å²) in [5.41, 5.74) is 4.05. The van der Waals surface area contributed by atoms with Crippen LogP contribution in [0, 0.1) is 20.2 Å². The molecule has 7 rings (SSSR count). The number of pyridine rings is 1. The molecular weight excluding hydrogens is 989 g/mol. The van der Waals surface area contributed by atoms with E-state index in [1.807, 2.05) is 97.1 Å². The van der Waals surface area contributed by atoms with Gasteiger partial charge in [0.1, 0.15) is 23.9 Å². The third-order valence-electron chi connectivity index (χ3n) is 13.3. The first-order chi connectivity index (χ1) is 35.4. The number of non-ortho nitro benzene ring substituents is 1. The fourth-order valence-corrected chi connectivity index (χ4v) is 19.4. The van der Waals surface area contributed by atoms with Gasteiger partial charge in [0.2, 0.25) is 11.7 Å². The van der Waals surface area contributed by atoms with Gasteiger partial charge in [0.15, 0.2) is 11.7 Å². The number of nitrogens with two attached hydrogens (primary N) is 1. The molecule has 5 aromatic carbocycles. The van der Waals surface area contributed by atoms with Gasteiger partial charge < -0.3 is 33.5 Å². The van der Waals surface area contributed by atoms with Gasteiger partial charge >= 0.3 is 17.6 Å². The van der Waals surface area contributed by atoms with E-state index in [4.69, 9.17) is 33.5 Å². The molecule has 0 saturated carbocycles. The van der Waals surface area contributed by atoms with E-state index < -0.39 is 95.6 Å². The molecule has 1 aliphatic heterocycles. The van der Waals surface area contributed by atoms with Gasteiger partial charge in [-0.15, -0.1) is 0 Å². The van der Waals surface area contributed by atoms with E-state index in [0.29, 0.717) is 5.56 Å². The zero-order valence-corrected chi connectivity index (χ0v) is 46.1. The molecule has 75 heavy (non-hydrogen) atoms. The maximum Gasteiger partial charge on any atom is 0.346 e. The number of esters is 2. The number of rotatable bonds is 18. The van der Waals surface area contributed by atoms with Gasteiger partial charge in [0.25, 0.3) is 22.3 Å². The van der Waals surface area contributed by atoms with Crippen molar-refractivity contribution in [3.05, 3.63) is 183 Å². The molecular formula is C57H66N4O12Si2. The van der Waals surface area contributed by atoms with Crippen molar-refractivity contribution in [2.75, 3.05) is 18.9 Å². The normalized spacial score (nSPS) is 17.3. The van der Waals surface area contributed by atoms with Gasteiger partial charge in [-0.1, -0.05) is 175 Å². The summed E-state index contributed by atoms with van der Waals surface area (Å²) in [5.74, 6) is -2.86. The number of aromatic nitrogens is 1. The Labute approximate surface area is 440 Å². The summed E-state index contributed by atoms with van der Waals surface area (Å²) in [4.78, 5) is 56.5. The number of carbonyl (C=O) groups excluding carboxylic acids is 2. The second kappa shape index (κ2) is 22.4. The van der Waals surface area contributed by atoms with E-state index in [-0.39, 0.29) is 36.8 Å². The second-order valence-electron chi connectivity index (χ2n) is 21.6. The summed E-state index contributed by atoms with van der Waals surface area (Å²) in [6, 6.07) is 45.7. The minimum absolute atomic E-state index is 0.105. The Morgan fingerprint density at radius 1 is 0.667 bits per heavy atom. The summed E-state index contributed by atoms with van der Waals surface area (Å²) in [6.45, 7) is 18.5. The molecule has 4 atom stereocenters. The lowest BCUT2D eigenvalue weighted by Crippen LogP contribution is -2.70. The van der Waals surface area contributed by atoms with Gasteiger partial charge in [-0.2, -0.15) is 4.98 Å². The van der Waals surface area contributed by atoms with Crippen LogP contribution in [0.4, 0.5) is 17.2 Å². The smallest absolute Gasteiger partial charge is 0.346 e. The van der Waals surface area contributed by atoms with Gasteiger partial charge in [0, 0.05) is 25.5 Å². The fourth-order valence-electron chi connectivity index (χ4n) is 10.2. The third kappa shape index (κ3) is 11.7. The Kier molecular flexibility index (Phi) is 16.6. The fraction of sp³-hybridized carbons (Fsp3) is 0.351. The summed E-state index contributed by atoms with van der Waals surface area (Å²) in [7, 11) is -7.00. The monoisotopic (exact) mass is 1050 g/mol. The number of anilines is 1. The summed E-state index contributed by atoms with van der Waals surface area (Å²) in [5, 5.41) is 27.3. The molecule has 16 nitrogen and oxygen atoms in total. The maximum absolute atomic E-state index is 14.8. The van der Waals surface area contributed by atoms with Crippen LogP contribution in [0.5, 0.6) is 5.88 Å². The molecule has 0 amide bonds. The van der Waals surface area contributed by atoms with Gasteiger partial charge in [-0.25, -0.2) is 4.79 Å². The Balaban J connectivity index is 1.51. The number of carbonyl (C=O) groups is 2. The molecule has 6 aromatic rings. The van der Waals surface area contributed by atoms with E-state index in [0.717, 1.165) is 20.7 Å². The molecule has 1 aliphatic rings. The summed E-state index contributed by atoms with van der Waals surface area (Å²) >= 11 is 0. The van der Waals surface area contributed by atoms with Crippen LogP contribution in [0.25, 0.3) is 0 Å². The number of nitro groups is 2. The van der Waals surface area contributed by atoms with Crippen molar-refractivity contribution in [1.82, 2.24) is 4.98 Å². The van der Waals surface area contributed by atoms with Crippen LogP contribution >= 0.6 is 0 Å². The second-order valence-corrected chi connectivity index (χ2v) is 30.2. The van der Waals surface area contributed by atoms with Crippen LogP contribution in [0.1, 0.15) is 96.8 Å². The standard InChI is InChI=1S/C57H66N4O12Si2/c1-38(62)70-51-49(73-75(57(8,9)10,43-27-19-13-20-28-43)44-29-21-14-22-30-44)45(37-69-74(56(5,6)7,41-23-15-11-16-24-41)42-25-17-12-18-26-42)71-50(51)47-46(54(63)72-55(2,3)4)48(61(66)67)52(58)59-53(47)68-36-35-39-31-33-40(34-32-39)60(64)65/h11-34,45,49-51H,35-37H2,1-10H3,(H2,58,59)/t45-,49+,50+,51-/m1/s1. The van der Waals surface area contributed by atoms with Crippen molar-refractivity contribution in [1.29, 1.82) is 0 Å². The first kappa shape index (κ1) is 55.6. The van der Waals surface area contributed by atoms with Crippen molar-refractivity contribution in [3.8, 4) is 5.88 Å². The van der Waals surface area contributed by atoms with Crippen molar-refractivity contribution in [2.45, 2.75) is 116 Å². The molecule has 0 radical (unpaired) electrons. The van der Waals surface area contributed by atoms with Gasteiger partial charge in [0.05, 0.1) is 28.6 Å². The Bertz CT molecular complexity index is 2890. The van der Waals surface area contributed by atoms with Gasteiger partial charge in [-0.05, 0) is 57.2 Å². The molecule has 1 fully saturated rings. The number of nitrogen functional groups attached to an aromatic ring is 1. The summed E-state index contributed by atoms with van der Waals surface area (Å²) < 4.78 is 41.6. The number of nitro benzene ring substituents is 1. The molecule has 18 heteroatoms. The van der Waals surface area contributed by atoms with E-state index in [1.54, 1.807) is 32.9 Å². The Morgan fingerprint density at radius 3 is 1.55 bits per heavy atom. The van der Waals surface area contributed by atoms with E-state index in [9.17, 15) is 29.8 Å². The minimum Gasteiger partial charge on any atom is -0.477 e. The molecule has 0 aliphatic carbocycles. The van der Waals surface area contributed by atoms with Crippen LogP contribution in [-0.2, 0) is 34.3 Å². The van der Waals surface area contributed by atoms with Crippen molar-refractivity contribution < 1.29 is 47.2 Å². The van der Waals surface area contributed by atoms with Crippen LogP contribution in [0.2, 0.25) is 10.1 Å². The van der Waals surface area contributed by atoms with Crippen molar-refractivity contribution in [3.63, 3.8) is 0 Å². The van der Waals surface area contributed by atoms with Crippen LogP contribution < -0.4 is 31.2 Å². The van der Waals surface area contributed by atoms with Crippen LogP contribution in [0.15, 0.2) is 146 Å². The zero-order valence-electron chi connectivity index (χ0n) is 44.1. The lowest BCUT2D eigenvalue weighted by Gasteiger charge is -2.46. The third-order valence-corrected chi connectivity index (χ3v) is 23.3. The number of ether oxygens (including phenoxy) is 4. The number of hydrogen-bond donors (Lipinski definition) is 1. The highest BCUT2D eigenvalue weighted by molar-refractivity contribution is 7.00. The largest absolute Gasteiger partial charge is 0.477 e. The lowest BCUT2D eigenvalue weighted by atomic mass is 9.96. The molecule has 0 spiro atoms. The molecule has 394 valence electrons. The highest BCUT2D eigenvalue weighted by Crippen LogP contribution is 2.49. The topological polar surface area (TPSA) is 215 Å². The number of benzene rings is 5. The highest BCUT2D eigenvalue weighted by Gasteiger charge is 2.60. The number of hydrogen-bond acceptors (Lipinski definition) is 14. The molecule has 0 bridgehead atoms.